The predicted molar refractivity (Wildman–Crippen MR) is 101 cm³/mol. The number of aromatic amines is 1. The number of aromatic nitrogens is 5. The second-order valence-corrected chi connectivity index (χ2v) is 7.91. The molecule has 1 aliphatic heterocycles. The molecule has 0 aromatic carbocycles. The molecule has 0 fully saturated rings. The summed E-state index contributed by atoms with van der Waals surface area (Å²) >= 11 is 1.34. The smallest absolute Gasteiger partial charge is 0.230 e. The SMILES string of the molecule is CCc1nc(SCC(=O)NCc2cc3n(n2)CCN(CC(C)C)C3)n[nH]1. The van der Waals surface area contributed by atoms with Gasteiger partial charge in [0, 0.05) is 26.1 Å². The Bertz CT molecular complexity index is 739. The lowest BCUT2D eigenvalue weighted by Crippen LogP contribution is -2.36. The van der Waals surface area contributed by atoms with Crippen LogP contribution in [0.2, 0.25) is 0 Å². The number of nitrogens with zero attached hydrogens (tertiary/aromatic N) is 5. The Labute approximate surface area is 158 Å². The molecule has 1 aliphatic rings. The number of amides is 1. The van der Waals surface area contributed by atoms with E-state index in [9.17, 15) is 4.79 Å². The highest BCUT2D eigenvalue weighted by atomic mass is 32.2. The molecule has 0 saturated heterocycles. The summed E-state index contributed by atoms with van der Waals surface area (Å²) < 4.78 is 2.06. The van der Waals surface area contributed by atoms with Crippen molar-refractivity contribution in [3.63, 3.8) is 0 Å². The minimum absolute atomic E-state index is 0.0368. The summed E-state index contributed by atoms with van der Waals surface area (Å²) in [6.07, 6.45) is 0.805. The summed E-state index contributed by atoms with van der Waals surface area (Å²) in [7, 11) is 0. The van der Waals surface area contributed by atoms with Gasteiger partial charge < -0.3 is 5.32 Å². The second-order valence-electron chi connectivity index (χ2n) is 6.96. The maximum Gasteiger partial charge on any atom is 0.230 e. The van der Waals surface area contributed by atoms with E-state index in [0.717, 1.165) is 44.1 Å². The largest absolute Gasteiger partial charge is 0.350 e. The Morgan fingerprint density at radius 3 is 3.00 bits per heavy atom. The number of carbonyl (C=O) groups is 1. The van der Waals surface area contributed by atoms with Gasteiger partial charge in [-0.1, -0.05) is 32.5 Å². The third-order valence-corrected chi connectivity index (χ3v) is 5.04. The van der Waals surface area contributed by atoms with Crippen LogP contribution < -0.4 is 5.32 Å². The number of aryl methyl sites for hydroxylation is 1. The maximum atomic E-state index is 12.0. The topological polar surface area (TPSA) is 91.7 Å². The zero-order valence-electron chi connectivity index (χ0n) is 15.7. The molecule has 2 aromatic rings. The highest BCUT2D eigenvalue weighted by Crippen LogP contribution is 2.15. The molecule has 0 saturated carbocycles. The number of carbonyl (C=O) groups excluding carboxylic acids is 1. The number of H-pyrrole nitrogens is 1. The lowest BCUT2D eigenvalue weighted by atomic mass is 10.2. The van der Waals surface area contributed by atoms with Crippen LogP contribution in [0.5, 0.6) is 0 Å². The number of rotatable bonds is 8. The molecular formula is C17H27N7OS. The Balaban J connectivity index is 1.45. The fourth-order valence-electron chi connectivity index (χ4n) is 3.01. The molecule has 0 spiro atoms. The molecule has 0 radical (unpaired) electrons. The molecule has 1 amide bonds. The highest BCUT2D eigenvalue weighted by molar-refractivity contribution is 7.99. The summed E-state index contributed by atoms with van der Waals surface area (Å²) in [6, 6.07) is 2.10. The third kappa shape index (κ3) is 5.07. The first-order valence-electron chi connectivity index (χ1n) is 9.12. The van der Waals surface area contributed by atoms with Gasteiger partial charge in [-0.3, -0.25) is 19.5 Å². The van der Waals surface area contributed by atoms with Crippen molar-refractivity contribution in [3.05, 3.63) is 23.3 Å². The minimum Gasteiger partial charge on any atom is -0.350 e. The standard InChI is InChI=1S/C17H27N7OS/c1-4-15-19-17(21-20-15)26-11-16(25)18-8-13-7-14-10-23(9-12(2)3)5-6-24(14)22-13/h7,12H,4-6,8-11H2,1-3H3,(H,18,25)(H,19,20,21). The van der Waals surface area contributed by atoms with Gasteiger partial charge in [0.1, 0.15) is 5.82 Å². The van der Waals surface area contributed by atoms with Crippen molar-refractivity contribution in [2.45, 2.75) is 52.0 Å². The van der Waals surface area contributed by atoms with E-state index in [4.69, 9.17) is 0 Å². The van der Waals surface area contributed by atoms with E-state index >= 15 is 0 Å². The highest BCUT2D eigenvalue weighted by Gasteiger charge is 2.19. The summed E-state index contributed by atoms with van der Waals surface area (Å²) in [5.74, 6) is 1.77. The van der Waals surface area contributed by atoms with Crippen molar-refractivity contribution in [1.82, 2.24) is 35.2 Å². The van der Waals surface area contributed by atoms with Gasteiger partial charge in [-0.05, 0) is 12.0 Å². The van der Waals surface area contributed by atoms with Crippen LogP contribution in [0, 0.1) is 5.92 Å². The van der Waals surface area contributed by atoms with Crippen molar-refractivity contribution >= 4 is 17.7 Å². The van der Waals surface area contributed by atoms with Crippen LogP contribution in [0.15, 0.2) is 11.2 Å². The molecule has 3 rings (SSSR count). The number of thioether (sulfide) groups is 1. The number of fused-ring (bicyclic) bond motifs is 1. The zero-order chi connectivity index (χ0) is 18.5. The summed E-state index contributed by atoms with van der Waals surface area (Å²) in [6.45, 7) is 10.9. The van der Waals surface area contributed by atoms with Gasteiger partial charge in [0.2, 0.25) is 11.1 Å². The predicted octanol–water partition coefficient (Wildman–Crippen LogP) is 1.44. The fourth-order valence-corrected chi connectivity index (χ4v) is 3.66. The molecule has 3 heterocycles. The fraction of sp³-hybridized carbons (Fsp3) is 0.647. The molecular weight excluding hydrogens is 350 g/mol. The van der Waals surface area contributed by atoms with Gasteiger partial charge in [-0.25, -0.2) is 4.98 Å². The normalized spacial score (nSPS) is 14.6. The molecule has 0 atom stereocenters. The summed E-state index contributed by atoms with van der Waals surface area (Å²) in [5, 5.41) is 15.1. The quantitative estimate of drug-likeness (QED) is 0.677. The lowest BCUT2D eigenvalue weighted by molar-refractivity contribution is -0.118. The van der Waals surface area contributed by atoms with Crippen LogP contribution in [-0.4, -0.2) is 54.6 Å². The average Bonchev–Trinajstić information content (AvgIpc) is 3.23. The van der Waals surface area contributed by atoms with Crippen molar-refractivity contribution in [2.75, 3.05) is 18.8 Å². The Kier molecular flexibility index (Phi) is 6.31. The molecule has 0 unspecified atom stereocenters. The zero-order valence-corrected chi connectivity index (χ0v) is 16.5. The summed E-state index contributed by atoms with van der Waals surface area (Å²) in [4.78, 5) is 18.8. The molecule has 0 bridgehead atoms. The molecule has 2 N–H and O–H groups in total. The van der Waals surface area contributed by atoms with E-state index in [0.29, 0.717) is 23.4 Å². The van der Waals surface area contributed by atoms with E-state index < -0.39 is 0 Å². The molecule has 9 heteroatoms. The first kappa shape index (κ1) is 18.9. The lowest BCUT2D eigenvalue weighted by Gasteiger charge is -2.28. The second kappa shape index (κ2) is 8.68. The Morgan fingerprint density at radius 2 is 2.27 bits per heavy atom. The van der Waals surface area contributed by atoms with Gasteiger partial charge in [0.15, 0.2) is 0 Å². The van der Waals surface area contributed by atoms with Gasteiger partial charge in [-0.15, -0.1) is 5.10 Å². The van der Waals surface area contributed by atoms with Crippen molar-refractivity contribution < 1.29 is 4.79 Å². The molecule has 142 valence electrons. The van der Waals surface area contributed by atoms with E-state index in [2.05, 4.69) is 55.1 Å². The van der Waals surface area contributed by atoms with Gasteiger partial charge in [-0.2, -0.15) is 5.10 Å². The first-order chi connectivity index (χ1) is 12.5. The van der Waals surface area contributed by atoms with E-state index in [1.54, 1.807) is 0 Å². The van der Waals surface area contributed by atoms with Crippen LogP contribution >= 0.6 is 11.8 Å². The Morgan fingerprint density at radius 1 is 1.42 bits per heavy atom. The van der Waals surface area contributed by atoms with Crippen LogP contribution in [0.4, 0.5) is 0 Å². The van der Waals surface area contributed by atoms with Crippen LogP contribution in [-0.2, 0) is 30.8 Å². The average molecular weight is 378 g/mol. The van der Waals surface area contributed by atoms with Gasteiger partial charge in [0.05, 0.1) is 30.2 Å². The van der Waals surface area contributed by atoms with Crippen LogP contribution in [0.25, 0.3) is 0 Å². The number of hydrogen-bond donors (Lipinski definition) is 2. The maximum absolute atomic E-state index is 12.0. The van der Waals surface area contributed by atoms with Crippen molar-refractivity contribution in [2.24, 2.45) is 5.92 Å². The van der Waals surface area contributed by atoms with E-state index in [1.165, 1.54) is 17.5 Å². The van der Waals surface area contributed by atoms with Gasteiger partial charge in [0.25, 0.3) is 0 Å². The molecule has 0 aliphatic carbocycles. The van der Waals surface area contributed by atoms with Crippen LogP contribution in [0.1, 0.15) is 38.0 Å². The van der Waals surface area contributed by atoms with Crippen LogP contribution in [0.3, 0.4) is 0 Å². The van der Waals surface area contributed by atoms with E-state index in [-0.39, 0.29) is 5.91 Å². The third-order valence-electron chi connectivity index (χ3n) is 4.20. The summed E-state index contributed by atoms with van der Waals surface area (Å²) in [5.41, 5.74) is 2.14. The van der Waals surface area contributed by atoms with E-state index in [1.807, 2.05) is 6.92 Å². The number of hydrogen-bond acceptors (Lipinski definition) is 6. The monoisotopic (exact) mass is 377 g/mol. The molecule has 8 nitrogen and oxygen atoms in total. The Hall–Kier alpha value is -1.87. The molecule has 2 aromatic heterocycles. The van der Waals surface area contributed by atoms with Crippen molar-refractivity contribution in [3.8, 4) is 0 Å². The first-order valence-corrected chi connectivity index (χ1v) is 10.1. The minimum atomic E-state index is -0.0368. The van der Waals surface area contributed by atoms with Gasteiger partial charge >= 0.3 is 0 Å². The molecule has 26 heavy (non-hydrogen) atoms. The van der Waals surface area contributed by atoms with Crippen molar-refractivity contribution in [1.29, 1.82) is 0 Å². The number of nitrogens with one attached hydrogen (secondary N) is 2.